The van der Waals surface area contributed by atoms with Gasteiger partial charge >= 0.3 is 5.97 Å². The largest absolute Gasteiger partial charge is 0.496 e. The van der Waals surface area contributed by atoms with Crippen molar-refractivity contribution in [2.24, 2.45) is 7.05 Å². The number of pyridine rings is 1. The zero-order valence-corrected chi connectivity index (χ0v) is 26.1. The monoisotopic (exact) mass is 561 g/mol. The average molecular weight is 562 g/mol. The molecule has 1 N–H and O–H groups in total. The summed E-state index contributed by atoms with van der Waals surface area (Å²) in [7, 11) is 3.54. The highest BCUT2D eigenvalue weighted by Crippen LogP contribution is 2.43. The molecule has 1 aliphatic rings. The maximum absolute atomic E-state index is 12.1. The first kappa shape index (κ1) is 30.6. The molecule has 2 aromatic heterocycles. The van der Waals surface area contributed by atoms with Crippen molar-refractivity contribution >= 4 is 5.97 Å². The molecular formula is C34H47N3O4. The van der Waals surface area contributed by atoms with Gasteiger partial charge in [0.15, 0.2) is 0 Å². The quantitative estimate of drug-likeness (QED) is 0.296. The van der Waals surface area contributed by atoms with Gasteiger partial charge in [0.1, 0.15) is 5.75 Å². The molecule has 0 amide bonds. The van der Waals surface area contributed by atoms with Crippen molar-refractivity contribution in [1.82, 2.24) is 14.8 Å². The molecule has 3 aromatic rings. The van der Waals surface area contributed by atoms with Crippen LogP contribution in [-0.2, 0) is 48.4 Å². The minimum absolute atomic E-state index is 0.0235. The van der Waals surface area contributed by atoms with Gasteiger partial charge in [0, 0.05) is 42.4 Å². The van der Waals surface area contributed by atoms with Crippen LogP contribution in [0.15, 0.2) is 30.3 Å². The fourth-order valence-corrected chi connectivity index (χ4v) is 5.70. The molecule has 1 unspecified atom stereocenters. The second-order valence-electron chi connectivity index (χ2n) is 13.5. The Balaban J connectivity index is 1.57. The second kappa shape index (κ2) is 12.3. The molecular weight excluding hydrogens is 514 g/mol. The van der Waals surface area contributed by atoms with Gasteiger partial charge in [0.2, 0.25) is 5.88 Å². The molecule has 1 aromatic carbocycles. The third-order valence-corrected chi connectivity index (χ3v) is 8.04. The third kappa shape index (κ3) is 7.49. The number of methoxy groups -OCH3 is 1. The van der Waals surface area contributed by atoms with Crippen LogP contribution < -0.4 is 9.47 Å². The number of carbonyl (C=O) groups is 1. The van der Waals surface area contributed by atoms with Crippen LogP contribution in [0.3, 0.4) is 0 Å². The van der Waals surface area contributed by atoms with E-state index in [4.69, 9.17) is 19.6 Å². The second-order valence-corrected chi connectivity index (χ2v) is 13.5. The summed E-state index contributed by atoms with van der Waals surface area (Å²) in [5, 5.41) is 14.6. The van der Waals surface area contributed by atoms with Crippen molar-refractivity contribution < 1.29 is 19.4 Å². The molecule has 41 heavy (non-hydrogen) atoms. The Morgan fingerprint density at radius 1 is 1.02 bits per heavy atom. The molecule has 4 rings (SSSR count). The lowest BCUT2D eigenvalue weighted by molar-refractivity contribution is -0.137. The number of aromatic nitrogens is 3. The van der Waals surface area contributed by atoms with E-state index < -0.39 is 5.97 Å². The SMILES string of the molecule is COc1c(C(CC(=O)O)Cc2cc(OCCc3ccc4c(n3)CCCC4)n(C)n2)cc(C(C)(C)C)cc1C(C)(C)C. The van der Waals surface area contributed by atoms with Crippen molar-refractivity contribution in [2.45, 2.75) is 103 Å². The van der Waals surface area contributed by atoms with E-state index in [0.29, 0.717) is 18.9 Å². The number of nitrogens with zero attached hydrogens (tertiary/aromatic N) is 3. The van der Waals surface area contributed by atoms with Gasteiger partial charge in [0.05, 0.1) is 25.8 Å². The number of carboxylic acids is 1. The molecule has 0 spiro atoms. The summed E-state index contributed by atoms with van der Waals surface area (Å²) in [5.41, 5.74) is 7.35. The van der Waals surface area contributed by atoms with Crippen molar-refractivity contribution in [2.75, 3.05) is 13.7 Å². The number of hydrogen-bond acceptors (Lipinski definition) is 5. The first-order valence-electron chi connectivity index (χ1n) is 14.8. The Bertz CT molecular complexity index is 1380. The lowest BCUT2D eigenvalue weighted by Gasteiger charge is -2.30. The molecule has 1 aliphatic carbocycles. The molecule has 7 nitrogen and oxygen atoms in total. The number of fused-ring (bicyclic) bond motifs is 1. The summed E-state index contributed by atoms with van der Waals surface area (Å²) in [5.74, 6) is 0.272. The number of aliphatic carboxylic acids is 1. The van der Waals surface area contributed by atoms with Gasteiger partial charge in [0.25, 0.3) is 0 Å². The summed E-state index contributed by atoms with van der Waals surface area (Å²) >= 11 is 0. The zero-order chi connectivity index (χ0) is 29.9. The Kier molecular flexibility index (Phi) is 9.15. The first-order chi connectivity index (χ1) is 19.3. The fourth-order valence-electron chi connectivity index (χ4n) is 5.70. The van der Waals surface area contributed by atoms with Crippen LogP contribution in [0, 0.1) is 0 Å². The van der Waals surface area contributed by atoms with Gasteiger partial charge < -0.3 is 14.6 Å². The van der Waals surface area contributed by atoms with Crippen molar-refractivity contribution in [1.29, 1.82) is 0 Å². The summed E-state index contributed by atoms with van der Waals surface area (Å²) in [6.07, 6.45) is 5.82. The Labute approximate surface area is 245 Å². The van der Waals surface area contributed by atoms with Gasteiger partial charge in [-0.2, -0.15) is 5.10 Å². The van der Waals surface area contributed by atoms with Crippen LogP contribution in [0.2, 0.25) is 0 Å². The van der Waals surface area contributed by atoms with E-state index in [1.807, 2.05) is 13.1 Å². The lowest BCUT2D eigenvalue weighted by Crippen LogP contribution is -2.20. The number of benzene rings is 1. The Morgan fingerprint density at radius 3 is 2.41 bits per heavy atom. The predicted molar refractivity (Wildman–Crippen MR) is 162 cm³/mol. The normalized spacial score (nSPS) is 14.4. The van der Waals surface area contributed by atoms with Crippen LogP contribution in [0.25, 0.3) is 0 Å². The van der Waals surface area contributed by atoms with E-state index in [9.17, 15) is 9.90 Å². The highest BCUT2D eigenvalue weighted by atomic mass is 16.5. The average Bonchev–Trinajstić information content (AvgIpc) is 3.24. The van der Waals surface area contributed by atoms with E-state index >= 15 is 0 Å². The van der Waals surface area contributed by atoms with Crippen LogP contribution in [0.4, 0.5) is 0 Å². The molecule has 1 atom stereocenters. The van der Waals surface area contributed by atoms with Crippen molar-refractivity contribution in [3.8, 4) is 11.6 Å². The fraction of sp³-hybridized carbons (Fsp3) is 0.559. The Hall–Kier alpha value is -3.35. The molecule has 0 saturated heterocycles. The van der Waals surface area contributed by atoms with Crippen molar-refractivity contribution in [3.05, 3.63) is 69.7 Å². The van der Waals surface area contributed by atoms with Gasteiger partial charge in [-0.15, -0.1) is 0 Å². The summed E-state index contributed by atoms with van der Waals surface area (Å²) < 4.78 is 13.8. The van der Waals surface area contributed by atoms with Crippen LogP contribution in [-0.4, -0.2) is 39.6 Å². The molecule has 0 aliphatic heterocycles. The van der Waals surface area contributed by atoms with Gasteiger partial charge in [-0.05, 0) is 65.7 Å². The maximum Gasteiger partial charge on any atom is 0.303 e. The van der Waals surface area contributed by atoms with E-state index in [1.54, 1.807) is 11.8 Å². The number of ether oxygens (including phenoxy) is 2. The summed E-state index contributed by atoms with van der Waals surface area (Å²) in [4.78, 5) is 16.9. The van der Waals surface area contributed by atoms with Crippen molar-refractivity contribution in [3.63, 3.8) is 0 Å². The first-order valence-corrected chi connectivity index (χ1v) is 14.8. The van der Waals surface area contributed by atoms with Gasteiger partial charge in [-0.1, -0.05) is 59.7 Å². The number of carboxylic acid groups (broad SMARTS) is 1. The van der Waals surface area contributed by atoms with Crippen LogP contribution in [0.1, 0.15) is 106 Å². The molecule has 0 saturated carbocycles. The van der Waals surface area contributed by atoms with Gasteiger partial charge in [-0.25, -0.2) is 4.68 Å². The number of hydrogen-bond donors (Lipinski definition) is 1. The third-order valence-electron chi connectivity index (χ3n) is 8.04. The maximum atomic E-state index is 12.1. The standard InChI is InChI=1S/C34H47N3O4/c1-33(2,3)24-19-27(32(40-8)28(20-24)34(4,5)6)23(18-31(38)39)17-26-21-30(37(7)36-26)41-16-15-25-14-13-22-11-9-10-12-29(22)35-25/h13-14,19-21,23H,9-12,15-18H2,1-8H3,(H,38,39). The Morgan fingerprint density at radius 2 is 1.76 bits per heavy atom. The molecule has 222 valence electrons. The van der Waals surface area contributed by atoms with E-state index in [2.05, 4.69) is 65.8 Å². The van der Waals surface area contributed by atoms with Crippen LogP contribution >= 0.6 is 0 Å². The smallest absolute Gasteiger partial charge is 0.303 e. The lowest BCUT2D eigenvalue weighted by atomic mass is 9.76. The molecule has 0 radical (unpaired) electrons. The van der Waals surface area contributed by atoms with E-state index in [0.717, 1.165) is 53.1 Å². The van der Waals surface area contributed by atoms with E-state index in [1.165, 1.54) is 24.1 Å². The molecule has 0 bridgehead atoms. The minimum atomic E-state index is -0.847. The molecule has 7 heteroatoms. The summed E-state index contributed by atoms with van der Waals surface area (Å²) in [6, 6.07) is 10.6. The molecule has 2 heterocycles. The highest BCUT2D eigenvalue weighted by Gasteiger charge is 2.30. The molecule has 0 fully saturated rings. The summed E-state index contributed by atoms with van der Waals surface area (Å²) in [6.45, 7) is 13.5. The van der Waals surface area contributed by atoms with Crippen LogP contribution in [0.5, 0.6) is 11.6 Å². The number of aryl methyl sites for hydroxylation is 3. The van der Waals surface area contributed by atoms with E-state index in [-0.39, 0.29) is 23.2 Å². The minimum Gasteiger partial charge on any atom is -0.496 e. The topological polar surface area (TPSA) is 86.5 Å². The van der Waals surface area contributed by atoms with Gasteiger partial charge in [-0.3, -0.25) is 9.78 Å². The number of rotatable bonds is 10. The highest BCUT2D eigenvalue weighted by molar-refractivity contribution is 5.69. The predicted octanol–water partition coefficient (Wildman–Crippen LogP) is 6.72. The zero-order valence-electron chi connectivity index (χ0n) is 26.1.